The highest BCUT2D eigenvalue weighted by Gasteiger charge is 2.21. The number of benzene rings is 1. The zero-order valence-corrected chi connectivity index (χ0v) is 12.2. The molecular weight excluding hydrogens is 284 g/mol. The molecule has 0 bridgehead atoms. The summed E-state index contributed by atoms with van der Waals surface area (Å²) >= 11 is 0. The quantitative estimate of drug-likeness (QED) is 0.935. The number of anilines is 2. The van der Waals surface area contributed by atoms with Gasteiger partial charge in [0.05, 0.1) is 0 Å². The average Bonchev–Trinajstić information content (AvgIpc) is 3.03. The molecule has 22 heavy (non-hydrogen) atoms. The summed E-state index contributed by atoms with van der Waals surface area (Å²) < 4.78 is 5.21. The predicted molar refractivity (Wildman–Crippen MR) is 81.0 cm³/mol. The molecular formula is C15H18N4O3. The number of hydrogen-bond acceptors (Lipinski definition) is 5. The molecule has 1 saturated heterocycles. The average molecular weight is 302 g/mol. The number of rotatable bonds is 4. The van der Waals surface area contributed by atoms with Crippen molar-refractivity contribution in [3.05, 3.63) is 36.2 Å². The summed E-state index contributed by atoms with van der Waals surface area (Å²) in [5.41, 5.74) is 0.577. The van der Waals surface area contributed by atoms with Crippen molar-refractivity contribution in [2.75, 3.05) is 22.9 Å². The number of aromatic nitrogens is 2. The second kappa shape index (κ2) is 6.46. The Morgan fingerprint density at radius 2 is 1.95 bits per heavy atom. The predicted octanol–water partition coefficient (Wildman–Crippen LogP) is 2.74. The van der Waals surface area contributed by atoms with Crippen LogP contribution < -0.4 is 9.80 Å². The number of hydrogen-bond donors (Lipinski definition) is 1. The molecule has 7 heteroatoms. The van der Waals surface area contributed by atoms with E-state index in [2.05, 4.69) is 15.0 Å². The number of nitrogens with zero attached hydrogens (tertiary/aromatic N) is 4. The summed E-state index contributed by atoms with van der Waals surface area (Å²) in [5, 5.41) is 13.3. The molecule has 0 aliphatic carbocycles. The van der Waals surface area contributed by atoms with E-state index >= 15 is 0 Å². The summed E-state index contributed by atoms with van der Waals surface area (Å²) in [7, 11) is 0. The Morgan fingerprint density at radius 3 is 2.64 bits per heavy atom. The van der Waals surface area contributed by atoms with Crippen LogP contribution in [0, 0.1) is 0 Å². The number of amides is 1. The zero-order valence-electron chi connectivity index (χ0n) is 12.2. The molecule has 1 aromatic carbocycles. The lowest BCUT2D eigenvalue weighted by Gasteiger charge is -2.24. The van der Waals surface area contributed by atoms with Crippen LogP contribution >= 0.6 is 0 Å². The monoisotopic (exact) mass is 302 g/mol. The van der Waals surface area contributed by atoms with E-state index < -0.39 is 6.09 Å². The number of piperidine rings is 1. The second-order valence-corrected chi connectivity index (χ2v) is 5.24. The zero-order chi connectivity index (χ0) is 15.4. The van der Waals surface area contributed by atoms with E-state index in [9.17, 15) is 9.90 Å². The largest absolute Gasteiger partial charge is 0.465 e. The molecule has 1 aromatic heterocycles. The second-order valence-electron chi connectivity index (χ2n) is 5.24. The molecule has 1 aliphatic heterocycles. The van der Waals surface area contributed by atoms with E-state index in [1.165, 1.54) is 11.3 Å². The van der Waals surface area contributed by atoms with Crippen molar-refractivity contribution in [1.82, 2.24) is 10.1 Å². The SMILES string of the molecule is O=C(O)N(Cc1nc(N2CCCCC2)no1)c1ccccc1. The molecule has 2 heterocycles. The van der Waals surface area contributed by atoms with E-state index in [1.807, 2.05) is 6.07 Å². The van der Waals surface area contributed by atoms with Gasteiger partial charge in [-0.15, -0.1) is 0 Å². The van der Waals surface area contributed by atoms with Crippen LogP contribution in [0.25, 0.3) is 0 Å². The Bertz CT molecular complexity index is 623. The van der Waals surface area contributed by atoms with Gasteiger partial charge in [0.1, 0.15) is 6.54 Å². The van der Waals surface area contributed by atoms with Gasteiger partial charge in [-0.25, -0.2) is 4.79 Å². The van der Waals surface area contributed by atoms with Crippen LogP contribution in [0.2, 0.25) is 0 Å². The normalized spacial score (nSPS) is 14.8. The molecule has 3 rings (SSSR count). The lowest BCUT2D eigenvalue weighted by Crippen LogP contribution is -2.30. The fourth-order valence-electron chi connectivity index (χ4n) is 2.55. The van der Waals surface area contributed by atoms with Gasteiger partial charge in [-0.05, 0) is 36.6 Å². The van der Waals surface area contributed by atoms with Gasteiger partial charge >= 0.3 is 6.09 Å². The van der Waals surface area contributed by atoms with Crippen LogP contribution in [-0.4, -0.2) is 34.4 Å². The van der Waals surface area contributed by atoms with E-state index in [-0.39, 0.29) is 6.54 Å². The molecule has 0 saturated carbocycles. The van der Waals surface area contributed by atoms with Gasteiger partial charge in [-0.2, -0.15) is 4.98 Å². The molecule has 0 unspecified atom stereocenters. The molecule has 7 nitrogen and oxygen atoms in total. The van der Waals surface area contributed by atoms with E-state index in [4.69, 9.17) is 4.52 Å². The highest BCUT2D eigenvalue weighted by atomic mass is 16.5. The summed E-state index contributed by atoms with van der Waals surface area (Å²) in [5.74, 6) is 0.847. The van der Waals surface area contributed by atoms with Crippen LogP contribution in [0.5, 0.6) is 0 Å². The Labute approximate surface area is 128 Å². The fraction of sp³-hybridized carbons (Fsp3) is 0.400. The van der Waals surface area contributed by atoms with Crippen molar-refractivity contribution in [1.29, 1.82) is 0 Å². The molecule has 1 amide bonds. The van der Waals surface area contributed by atoms with Crippen molar-refractivity contribution in [2.24, 2.45) is 0 Å². The van der Waals surface area contributed by atoms with Gasteiger partial charge in [0.15, 0.2) is 0 Å². The van der Waals surface area contributed by atoms with Crippen molar-refractivity contribution < 1.29 is 14.4 Å². The van der Waals surface area contributed by atoms with Gasteiger partial charge in [0, 0.05) is 18.8 Å². The first-order valence-electron chi connectivity index (χ1n) is 7.37. The van der Waals surface area contributed by atoms with Gasteiger partial charge in [-0.1, -0.05) is 18.2 Å². The molecule has 0 radical (unpaired) electrons. The minimum absolute atomic E-state index is 0.0419. The Balaban J connectivity index is 1.73. The van der Waals surface area contributed by atoms with Crippen LogP contribution in [-0.2, 0) is 6.54 Å². The fourth-order valence-corrected chi connectivity index (χ4v) is 2.55. The van der Waals surface area contributed by atoms with E-state index in [1.54, 1.807) is 24.3 Å². The Morgan fingerprint density at radius 1 is 1.23 bits per heavy atom. The summed E-state index contributed by atoms with van der Waals surface area (Å²) in [6.07, 6.45) is 2.41. The minimum atomic E-state index is -1.05. The summed E-state index contributed by atoms with van der Waals surface area (Å²) in [6.45, 7) is 1.88. The smallest absolute Gasteiger partial charge is 0.412 e. The lowest BCUT2D eigenvalue weighted by molar-refractivity contribution is 0.200. The lowest BCUT2D eigenvalue weighted by atomic mass is 10.1. The number of carboxylic acid groups (broad SMARTS) is 1. The maximum Gasteiger partial charge on any atom is 0.412 e. The third-order valence-electron chi connectivity index (χ3n) is 3.69. The molecule has 2 aromatic rings. The highest BCUT2D eigenvalue weighted by Crippen LogP contribution is 2.19. The highest BCUT2D eigenvalue weighted by molar-refractivity contribution is 5.85. The first kappa shape index (κ1) is 14.4. The molecule has 116 valence electrons. The molecule has 1 N–H and O–H groups in total. The first-order chi connectivity index (χ1) is 10.7. The van der Waals surface area contributed by atoms with Crippen molar-refractivity contribution in [2.45, 2.75) is 25.8 Å². The van der Waals surface area contributed by atoms with Crippen LogP contribution in [0.3, 0.4) is 0 Å². The van der Waals surface area contributed by atoms with E-state index in [0.29, 0.717) is 17.5 Å². The summed E-state index contributed by atoms with van der Waals surface area (Å²) in [4.78, 5) is 19.0. The van der Waals surface area contributed by atoms with Gasteiger partial charge in [0.2, 0.25) is 5.89 Å². The van der Waals surface area contributed by atoms with Gasteiger partial charge in [0.25, 0.3) is 5.95 Å². The molecule has 1 fully saturated rings. The minimum Gasteiger partial charge on any atom is -0.465 e. The first-order valence-corrected chi connectivity index (χ1v) is 7.37. The van der Waals surface area contributed by atoms with Crippen molar-refractivity contribution in [3.63, 3.8) is 0 Å². The third kappa shape index (κ3) is 3.19. The maximum atomic E-state index is 11.4. The summed E-state index contributed by atoms with van der Waals surface area (Å²) in [6, 6.07) is 8.88. The third-order valence-corrected chi connectivity index (χ3v) is 3.69. The Hall–Kier alpha value is -2.57. The van der Waals surface area contributed by atoms with Crippen LogP contribution in [0.15, 0.2) is 34.9 Å². The molecule has 0 spiro atoms. The van der Waals surface area contributed by atoms with Crippen LogP contribution in [0.4, 0.5) is 16.4 Å². The van der Waals surface area contributed by atoms with Gasteiger partial charge < -0.3 is 14.5 Å². The Kier molecular flexibility index (Phi) is 4.22. The maximum absolute atomic E-state index is 11.4. The van der Waals surface area contributed by atoms with E-state index in [0.717, 1.165) is 25.9 Å². The topological polar surface area (TPSA) is 82.7 Å². The standard InChI is InChI=1S/C15H18N4O3/c20-15(21)19(12-7-3-1-4-8-12)11-13-16-14(17-22-13)18-9-5-2-6-10-18/h1,3-4,7-8H,2,5-6,9-11H2,(H,20,21). The van der Waals surface area contributed by atoms with Crippen LogP contribution in [0.1, 0.15) is 25.2 Å². The molecule has 1 aliphatic rings. The van der Waals surface area contributed by atoms with Crippen molar-refractivity contribution >= 4 is 17.7 Å². The number of para-hydroxylation sites is 1. The van der Waals surface area contributed by atoms with Gasteiger partial charge in [-0.3, -0.25) is 4.90 Å². The molecule has 0 atom stereocenters. The van der Waals surface area contributed by atoms with Crippen molar-refractivity contribution in [3.8, 4) is 0 Å². The number of carbonyl (C=O) groups is 1.